The Hall–Kier alpha value is -1.64. The van der Waals surface area contributed by atoms with Gasteiger partial charge < -0.3 is 11.1 Å². The minimum absolute atomic E-state index is 0.0157. The number of rotatable bonds is 9. The maximum absolute atomic E-state index is 13.1. The number of sulfonamides is 1. The summed E-state index contributed by atoms with van der Waals surface area (Å²) in [4.78, 5) is 24.2. The van der Waals surface area contributed by atoms with Crippen LogP contribution in [0.4, 0.5) is 0 Å². The number of carbonyl (C=O) groups is 2. The first-order chi connectivity index (χ1) is 12.1. The fourth-order valence-corrected chi connectivity index (χ4v) is 4.26. The lowest BCUT2D eigenvalue weighted by atomic mass is 10.0. The summed E-state index contributed by atoms with van der Waals surface area (Å²) in [7, 11) is -4.11. The molecule has 0 aliphatic heterocycles. The van der Waals surface area contributed by atoms with E-state index in [0.717, 1.165) is 17.1 Å². The molecule has 3 N–H and O–H groups in total. The summed E-state index contributed by atoms with van der Waals surface area (Å²) >= 11 is 5.83. The molecule has 0 spiro atoms. The molecule has 9 heteroatoms. The van der Waals surface area contributed by atoms with Gasteiger partial charge in [-0.05, 0) is 49.4 Å². The molecular weight excluding hydrogens is 378 g/mol. The van der Waals surface area contributed by atoms with E-state index in [2.05, 4.69) is 5.32 Å². The number of halogens is 1. The largest absolute Gasteiger partial charge is 0.368 e. The third kappa shape index (κ3) is 5.43. The third-order valence-corrected chi connectivity index (χ3v) is 6.15. The van der Waals surface area contributed by atoms with E-state index >= 15 is 0 Å². The van der Waals surface area contributed by atoms with Crippen molar-refractivity contribution in [3.05, 3.63) is 29.3 Å². The number of benzene rings is 1. The number of nitrogens with zero attached hydrogens (tertiary/aromatic N) is 1. The first-order valence-corrected chi connectivity index (χ1v) is 10.3. The van der Waals surface area contributed by atoms with Crippen LogP contribution >= 0.6 is 11.6 Å². The molecule has 1 aromatic carbocycles. The van der Waals surface area contributed by atoms with Crippen molar-refractivity contribution < 1.29 is 18.0 Å². The van der Waals surface area contributed by atoms with Crippen LogP contribution in [0.3, 0.4) is 0 Å². The highest BCUT2D eigenvalue weighted by Crippen LogP contribution is 2.24. The zero-order valence-electron chi connectivity index (χ0n) is 14.8. The highest BCUT2D eigenvalue weighted by Gasteiger charge is 2.37. The molecule has 1 saturated carbocycles. The van der Waals surface area contributed by atoms with Gasteiger partial charge in [0, 0.05) is 11.1 Å². The molecule has 1 aliphatic carbocycles. The van der Waals surface area contributed by atoms with Crippen LogP contribution in [-0.2, 0) is 19.6 Å². The van der Waals surface area contributed by atoms with Crippen molar-refractivity contribution in [3.8, 4) is 0 Å². The first kappa shape index (κ1) is 20.7. The van der Waals surface area contributed by atoms with Gasteiger partial charge in [0.1, 0.15) is 6.04 Å². The Bertz CT molecular complexity index is 761. The summed E-state index contributed by atoms with van der Waals surface area (Å²) < 4.78 is 27.1. The average molecular weight is 402 g/mol. The van der Waals surface area contributed by atoms with Crippen molar-refractivity contribution in [2.45, 2.75) is 50.1 Å². The number of primary amides is 1. The monoisotopic (exact) mass is 401 g/mol. The van der Waals surface area contributed by atoms with Gasteiger partial charge in [-0.1, -0.05) is 25.4 Å². The zero-order chi connectivity index (χ0) is 19.5. The molecular formula is C17H24ClN3O4S. The third-order valence-electron chi connectivity index (χ3n) is 4.03. The Morgan fingerprint density at radius 3 is 2.31 bits per heavy atom. The SMILES string of the molecule is CC(C)C[C@H](C(N)=O)N(CC(=O)NC1CC1)S(=O)(=O)c1ccc(Cl)cc1. The number of nitrogens with one attached hydrogen (secondary N) is 1. The molecule has 0 bridgehead atoms. The molecule has 1 aromatic rings. The molecule has 26 heavy (non-hydrogen) atoms. The van der Waals surface area contributed by atoms with E-state index in [0.29, 0.717) is 5.02 Å². The molecule has 0 unspecified atom stereocenters. The van der Waals surface area contributed by atoms with Crippen molar-refractivity contribution in [1.29, 1.82) is 0 Å². The summed E-state index contributed by atoms with van der Waals surface area (Å²) in [5, 5.41) is 3.13. The molecule has 2 rings (SSSR count). The predicted molar refractivity (Wildman–Crippen MR) is 98.9 cm³/mol. The standard InChI is InChI=1S/C17H24ClN3O4S/c1-11(2)9-15(17(19)23)21(10-16(22)20-13-5-6-13)26(24,25)14-7-3-12(18)4-8-14/h3-4,7-8,11,13,15H,5-6,9-10H2,1-2H3,(H2,19,23)(H,20,22)/t15-/m1/s1. The molecule has 0 heterocycles. The van der Waals surface area contributed by atoms with Crippen molar-refractivity contribution >= 4 is 33.4 Å². The van der Waals surface area contributed by atoms with E-state index in [9.17, 15) is 18.0 Å². The van der Waals surface area contributed by atoms with Crippen molar-refractivity contribution in [2.24, 2.45) is 11.7 Å². The Morgan fingerprint density at radius 1 is 1.27 bits per heavy atom. The minimum Gasteiger partial charge on any atom is -0.368 e. The highest BCUT2D eigenvalue weighted by molar-refractivity contribution is 7.89. The molecule has 2 amide bonds. The van der Waals surface area contributed by atoms with Crippen LogP contribution in [0.15, 0.2) is 29.2 Å². The van der Waals surface area contributed by atoms with E-state index < -0.39 is 34.4 Å². The molecule has 1 fully saturated rings. The maximum atomic E-state index is 13.1. The van der Waals surface area contributed by atoms with Crippen LogP contribution in [-0.4, -0.2) is 43.2 Å². The molecule has 0 saturated heterocycles. The number of nitrogens with two attached hydrogens (primary N) is 1. The molecule has 1 aliphatic rings. The number of hydrogen-bond donors (Lipinski definition) is 2. The van der Waals surface area contributed by atoms with E-state index in [1.54, 1.807) is 0 Å². The molecule has 0 radical (unpaired) electrons. The Morgan fingerprint density at radius 2 is 1.85 bits per heavy atom. The summed E-state index contributed by atoms with van der Waals surface area (Å²) in [5.41, 5.74) is 5.48. The highest BCUT2D eigenvalue weighted by atomic mass is 35.5. The molecule has 0 aromatic heterocycles. The van der Waals surface area contributed by atoms with Crippen molar-refractivity contribution in [3.63, 3.8) is 0 Å². The summed E-state index contributed by atoms with van der Waals surface area (Å²) in [6, 6.07) is 4.55. The smallest absolute Gasteiger partial charge is 0.244 e. The van der Waals surface area contributed by atoms with E-state index in [4.69, 9.17) is 17.3 Å². The predicted octanol–water partition coefficient (Wildman–Crippen LogP) is 1.51. The van der Waals surface area contributed by atoms with E-state index in [1.807, 2.05) is 13.8 Å². The van der Waals surface area contributed by atoms with Gasteiger partial charge in [0.2, 0.25) is 21.8 Å². The second kappa shape index (κ2) is 8.37. The lowest BCUT2D eigenvalue weighted by Crippen LogP contribution is -2.52. The van der Waals surface area contributed by atoms with Crippen LogP contribution in [0, 0.1) is 5.92 Å². The number of hydrogen-bond acceptors (Lipinski definition) is 4. The van der Waals surface area contributed by atoms with Gasteiger partial charge >= 0.3 is 0 Å². The fourth-order valence-electron chi connectivity index (χ4n) is 2.57. The van der Waals surface area contributed by atoms with Crippen LogP contribution in [0.5, 0.6) is 0 Å². The zero-order valence-corrected chi connectivity index (χ0v) is 16.4. The second-order valence-corrected chi connectivity index (χ2v) is 9.22. The Kier molecular flexibility index (Phi) is 6.65. The fraction of sp³-hybridized carbons (Fsp3) is 0.529. The first-order valence-electron chi connectivity index (χ1n) is 8.47. The van der Waals surface area contributed by atoms with Gasteiger partial charge in [-0.3, -0.25) is 9.59 Å². The maximum Gasteiger partial charge on any atom is 0.244 e. The van der Waals surface area contributed by atoms with Crippen LogP contribution < -0.4 is 11.1 Å². The lowest BCUT2D eigenvalue weighted by Gasteiger charge is -2.29. The van der Waals surface area contributed by atoms with Crippen LogP contribution in [0.1, 0.15) is 33.1 Å². The topological polar surface area (TPSA) is 110 Å². The van der Waals surface area contributed by atoms with E-state index in [1.165, 1.54) is 24.3 Å². The van der Waals surface area contributed by atoms with Crippen LogP contribution in [0.25, 0.3) is 0 Å². The number of amides is 2. The minimum atomic E-state index is -4.11. The lowest BCUT2D eigenvalue weighted by molar-refractivity contribution is -0.125. The van der Waals surface area contributed by atoms with E-state index in [-0.39, 0.29) is 23.3 Å². The quantitative estimate of drug-likeness (QED) is 0.653. The summed E-state index contributed by atoms with van der Waals surface area (Å²) in [6.45, 7) is 3.25. The molecule has 1 atom stereocenters. The Labute approximate surface area is 158 Å². The molecule has 7 nitrogen and oxygen atoms in total. The number of carbonyl (C=O) groups excluding carboxylic acids is 2. The van der Waals surface area contributed by atoms with Crippen molar-refractivity contribution in [2.75, 3.05) is 6.54 Å². The van der Waals surface area contributed by atoms with Crippen LogP contribution in [0.2, 0.25) is 5.02 Å². The van der Waals surface area contributed by atoms with Gasteiger partial charge in [-0.15, -0.1) is 0 Å². The van der Waals surface area contributed by atoms with Crippen molar-refractivity contribution in [1.82, 2.24) is 9.62 Å². The Balaban J connectivity index is 2.37. The van der Waals surface area contributed by atoms with Gasteiger partial charge in [0.15, 0.2) is 0 Å². The van der Waals surface area contributed by atoms with Gasteiger partial charge in [0.05, 0.1) is 11.4 Å². The second-order valence-electron chi connectivity index (χ2n) is 6.89. The average Bonchev–Trinajstić information content (AvgIpc) is 3.34. The van der Waals surface area contributed by atoms with Gasteiger partial charge in [-0.2, -0.15) is 4.31 Å². The van der Waals surface area contributed by atoms with Gasteiger partial charge in [-0.25, -0.2) is 8.42 Å². The van der Waals surface area contributed by atoms with Gasteiger partial charge in [0.25, 0.3) is 0 Å². The summed E-state index contributed by atoms with van der Waals surface area (Å²) in [5.74, 6) is -1.21. The summed E-state index contributed by atoms with van der Waals surface area (Å²) in [6.07, 6.45) is 1.97. The molecule has 144 valence electrons. The normalized spacial score (nSPS) is 15.9.